The predicted molar refractivity (Wildman–Crippen MR) is 173 cm³/mol. The molecule has 0 aliphatic carbocycles. The minimum atomic E-state index is 0.958. The first kappa shape index (κ1) is 36.8. The standard InChI is InChI=1S/C15H22N2S.C8H17N.C8H10.C2H6/c1-5-7-13(3)16-17-14(4)18-11-15-9-6-8-12(2)10-15;1-4-6-7-9-8(3)5-2;1-7-4-3-5-8(2)6-7;1-2/h6,8-10H,5,7,11H2,1-4H3;9H,3-7H2,1-2H3;3-6H,1-2H3;1-2H3/b16-13+,17-14+;;;. The Morgan fingerprint density at radius 2 is 1.41 bits per heavy atom. The van der Waals surface area contributed by atoms with Crippen molar-refractivity contribution in [3.05, 3.63) is 83.1 Å². The molecule has 0 saturated heterocycles. The number of aryl methyl sites for hydroxylation is 3. The van der Waals surface area contributed by atoms with Crippen LogP contribution in [-0.2, 0) is 5.75 Å². The lowest BCUT2D eigenvalue weighted by Crippen LogP contribution is -2.12. The fourth-order valence-electron chi connectivity index (χ4n) is 2.96. The highest BCUT2D eigenvalue weighted by atomic mass is 32.2. The van der Waals surface area contributed by atoms with Crippen molar-refractivity contribution in [1.29, 1.82) is 0 Å². The molecule has 0 fully saturated rings. The highest BCUT2D eigenvalue weighted by Gasteiger charge is 1.97. The summed E-state index contributed by atoms with van der Waals surface area (Å²) < 4.78 is 0. The Morgan fingerprint density at radius 1 is 0.838 bits per heavy atom. The van der Waals surface area contributed by atoms with E-state index >= 15 is 0 Å². The van der Waals surface area contributed by atoms with E-state index in [4.69, 9.17) is 0 Å². The second-order valence-electron chi connectivity index (χ2n) is 8.88. The van der Waals surface area contributed by atoms with Gasteiger partial charge in [0.25, 0.3) is 0 Å². The third-order valence-corrected chi connectivity index (χ3v) is 5.99. The van der Waals surface area contributed by atoms with E-state index in [0.29, 0.717) is 0 Å². The minimum absolute atomic E-state index is 0.958. The van der Waals surface area contributed by atoms with Crippen molar-refractivity contribution in [3.63, 3.8) is 0 Å². The topological polar surface area (TPSA) is 36.8 Å². The Kier molecular flexibility index (Phi) is 25.2. The molecule has 0 bridgehead atoms. The van der Waals surface area contributed by atoms with Crippen molar-refractivity contribution < 1.29 is 0 Å². The highest BCUT2D eigenvalue weighted by Crippen LogP contribution is 2.15. The normalized spacial score (nSPS) is 10.6. The van der Waals surface area contributed by atoms with Crippen LogP contribution in [0, 0.1) is 20.8 Å². The van der Waals surface area contributed by atoms with Crippen LogP contribution in [-0.4, -0.2) is 17.3 Å². The fraction of sp³-hybridized carbons (Fsp3) is 0.515. The largest absolute Gasteiger partial charge is 0.389 e. The number of unbranched alkanes of at least 4 members (excludes halogenated alkanes) is 1. The van der Waals surface area contributed by atoms with Gasteiger partial charge in [-0.05, 0) is 59.4 Å². The van der Waals surface area contributed by atoms with Crippen LogP contribution in [0.5, 0.6) is 0 Å². The molecular weight excluding hydrogens is 470 g/mol. The number of nitrogens with one attached hydrogen (secondary N) is 1. The molecule has 1 N–H and O–H groups in total. The number of rotatable bonds is 10. The Labute approximate surface area is 234 Å². The summed E-state index contributed by atoms with van der Waals surface area (Å²) in [6.45, 7) is 25.8. The third kappa shape index (κ3) is 23.8. The zero-order chi connectivity index (χ0) is 28.5. The number of nitrogens with zero attached hydrogens (tertiary/aromatic N) is 2. The van der Waals surface area contributed by atoms with Gasteiger partial charge in [-0.25, -0.2) is 0 Å². The molecular formula is C33H55N3S. The lowest BCUT2D eigenvalue weighted by atomic mass is 10.2. The number of hydrogen-bond donors (Lipinski definition) is 1. The first-order valence-electron chi connectivity index (χ1n) is 13.9. The molecule has 0 aliphatic rings. The van der Waals surface area contributed by atoms with Gasteiger partial charge in [0.15, 0.2) is 0 Å². The van der Waals surface area contributed by atoms with E-state index in [1.165, 1.54) is 35.1 Å². The second-order valence-corrected chi connectivity index (χ2v) is 10.0. The number of hydrogen-bond acceptors (Lipinski definition) is 4. The van der Waals surface area contributed by atoms with Crippen molar-refractivity contribution in [1.82, 2.24) is 5.32 Å². The Bertz CT molecular complexity index is 883. The zero-order valence-corrected chi connectivity index (χ0v) is 26.4. The van der Waals surface area contributed by atoms with Crippen LogP contribution in [0.25, 0.3) is 0 Å². The average molecular weight is 526 g/mol. The monoisotopic (exact) mass is 525 g/mol. The van der Waals surface area contributed by atoms with Gasteiger partial charge in [0.05, 0.1) is 5.04 Å². The molecule has 37 heavy (non-hydrogen) atoms. The smallest absolute Gasteiger partial charge is 0.0930 e. The van der Waals surface area contributed by atoms with Gasteiger partial charge in [0, 0.05) is 23.7 Å². The van der Waals surface area contributed by atoms with E-state index in [1.807, 2.05) is 27.7 Å². The van der Waals surface area contributed by atoms with Crippen LogP contribution < -0.4 is 5.32 Å². The van der Waals surface area contributed by atoms with Crippen LogP contribution in [0.15, 0.2) is 71.0 Å². The Morgan fingerprint density at radius 3 is 1.86 bits per heavy atom. The number of benzene rings is 2. The van der Waals surface area contributed by atoms with E-state index in [-0.39, 0.29) is 0 Å². The maximum Gasteiger partial charge on any atom is 0.0930 e. The third-order valence-electron chi connectivity index (χ3n) is 5.01. The summed E-state index contributed by atoms with van der Waals surface area (Å²) in [7, 11) is 0. The summed E-state index contributed by atoms with van der Waals surface area (Å²) in [6.07, 6.45) is 5.70. The van der Waals surface area contributed by atoms with E-state index < -0.39 is 0 Å². The lowest BCUT2D eigenvalue weighted by molar-refractivity contribution is 0.696. The molecule has 0 atom stereocenters. The Balaban J connectivity index is 0. The number of allylic oxidation sites excluding steroid dienone is 1. The molecule has 0 amide bonds. The van der Waals surface area contributed by atoms with Gasteiger partial charge in [0.2, 0.25) is 0 Å². The molecule has 0 spiro atoms. The van der Waals surface area contributed by atoms with Gasteiger partial charge in [-0.1, -0.05) is 119 Å². The fourth-order valence-corrected chi connectivity index (χ4v) is 3.61. The molecule has 0 radical (unpaired) electrons. The molecule has 0 aliphatic heterocycles. The first-order chi connectivity index (χ1) is 17.7. The van der Waals surface area contributed by atoms with E-state index in [2.05, 4.69) is 112 Å². The molecule has 0 saturated carbocycles. The van der Waals surface area contributed by atoms with Crippen LogP contribution in [0.2, 0.25) is 0 Å². The zero-order valence-electron chi connectivity index (χ0n) is 25.6. The van der Waals surface area contributed by atoms with Gasteiger partial charge in [0.1, 0.15) is 0 Å². The summed E-state index contributed by atoms with van der Waals surface area (Å²) in [5.41, 5.74) is 7.58. The molecule has 2 rings (SSSR count). The number of thioether (sulfide) groups is 1. The summed E-state index contributed by atoms with van der Waals surface area (Å²) >= 11 is 1.74. The van der Waals surface area contributed by atoms with Gasteiger partial charge in [-0.15, -0.1) is 16.9 Å². The van der Waals surface area contributed by atoms with Crippen LogP contribution in [0.3, 0.4) is 0 Å². The highest BCUT2D eigenvalue weighted by molar-refractivity contribution is 8.13. The van der Waals surface area contributed by atoms with E-state index in [9.17, 15) is 0 Å². The molecule has 4 heteroatoms. The summed E-state index contributed by atoms with van der Waals surface area (Å²) in [4.78, 5) is 0. The molecule has 2 aromatic rings. The van der Waals surface area contributed by atoms with Crippen LogP contribution in [0.4, 0.5) is 0 Å². The van der Waals surface area contributed by atoms with Crippen molar-refractivity contribution in [3.8, 4) is 0 Å². The second kappa shape index (κ2) is 25.3. The van der Waals surface area contributed by atoms with Crippen molar-refractivity contribution in [2.75, 3.05) is 6.54 Å². The predicted octanol–water partition coefficient (Wildman–Crippen LogP) is 10.5. The maximum atomic E-state index is 4.25. The van der Waals surface area contributed by atoms with E-state index in [1.54, 1.807) is 11.8 Å². The lowest BCUT2D eigenvalue weighted by Gasteiger charge is -2.04. The summed E-state index contributed by atoms with van der Waals surface area (Å²) in [6, 6.07) is 17.0. The first-order valence-corrected chi connectivity index (χ1v) is 14.9. The molecule has 0 aromatic heterocycles. The Hall–Kier alpha value is -2.33. The van der Waals surface area contributed by atoms with E-state index in [0.717, 1.165) is 48.0 Å². The molecule has 0 unspecified atom stereocenters. The van der Waals surface area contributed by atoms with Gasteiger partial charge >= 0.3 is 0 Å². The SMILES string of the molecule is C=C(CC)NCCCC.CC.CCC/C(C)=N/N=C(\C)SCc1cccc(C)c1.Cc1cccc(C)c1. The molecule has 0 heterocycles. The van der Waals surface area contributed by atoms with Crippen molar-refractivity contribution >= 4 is 22.5 Å². The van der Waals surface area contributed by atoms with Crippen LogP contribution in [0.1, 0.15) is 103 Å². The quantitative estimate of drug-likeness (QED) is 0.145. The molecule has 3 nitrogen and oxygen atoms in total. The van der Waals surface area contributed by atoms with Gasteiger partial charge < -0.3 is 5.32 Å². The average Bonchev–Trinajstić information content (AvgIpc) is 2.88. The minimum Gasteiger partial charge on any atom is -0.389 e. The maximum absolute atomic E-state index is 4.25. The molecule has 2 aromatic carbocycles. The van der Waals surface area contributed by atoms with Crippen molar-refractivity contribution in [2.45, 2.75) is 107 Å². The summed E-state index contributed by atoms with van der Waals surface area (Å²) in [5.74, 6) is 0.958. The van der Waals surface area contributed by atoms with Crippen LogP contribution >= 0.6 is 11.8 Å². The summed E-state index contributed by atoms with van der Waals surface area (Å²) in [5, 5.41) is 12.7. The van der Waals surface area contributed by atoms with Gasteiger partial charge in [-0.2, -0.15) is 5.10 Å². The van der Waals surface area contributed by atoms with Gasteiger partial charge in [-0.3, -0.25) is 0 Å². The van der Waals surface area contributed by atoms with Crippen molar-refractivity contribution in [2.24, 2.45) is 10.2 Å². The molecule has 208 valence electrons.